The first-order valence-electron chi connectivity index (χ1n) is 5.67. The van der Waals surface area contributed by atoms with E-state index in [-0.39, 0.29) is 0 Å². The van der Waals surface area contributed by atoms with Gasteiger partial charge in [0.05, 0.1) is 0 Å². The molecule has 2 rings (SSSR count). The third-order valence-corrected chi connectivity index (χ3v) is 5.98. The van der Waals surface area contributed by atoms with Gasteiger partial charge in [-0.05, 0) is 42.9 Å². The Bertz CT molecular complexity index is 296. The molecule has 0 radical (unpaired) electrons. The highest BCUT2D eigenvalue weighted by atomic mass is 32.2. The van der Waals surface area contributed by atoms with Crippen molar-refractivity contribution in [2.45, 2.75) is 39.5 Å². The topological polar surface area (TPSA) is 40.9 Å². The predicted octanol–water partition coefficient (Wildman–Crippen LogP) is 2.88. The minimum Gasteiger partial charge on any atom is -0.253 e. The maximum absolute atomic E-state index is 11.5. The minimum absolute atomic E-state index is 0.511. The Morgan fingerprint density at radius 1 is 1.29 bits per heavy atom. The summed E-state index contributed by atoms with van der Waals surface area (Å²) in [5, 5.41) is 0. The molecule has 1 aliphatic carbocycles. The summed E-state index contributed by atoms with van der Waals surface area (Å²) in [5.74, 6) is 3.04. The number of hydrogen-bond acceptors (Lipinski definition) is 2. The summed E-state index contributed by atoms with van der Waals surface area (Å²) < 4.78 is 19.1. The molecule has 2 nitrogen and oxygen atoms in total. The lowest BCUT2D eigenvalue weighted by molar-refractivity contribution is 0.0168. The Hall–Kier alpha value is -0.0500. The third kappa shape index (κ3) is 1.83. The van der Waals surface area contributed by atoms with Crippen LogP contribution in [0.5, 0.6) is 0 Å². The van der Waals surface area contributed by atoms with E-state index in [0.29, 0.717) is 16.9 Å². The van der Waals surface area contributed by atoms with E-state index in [4.69, 9.17) is 4.78 Å². The lowest BCUT2D eigenvalue weighted by atomic mass is 9.56. The Labute approximate surface area is 87.4 Å². The average Bonchev–Trinajstić information content (AvgIpc) is 2.00. The molecule has 0 aromatic heterocycles. The molecule has 1 N–H and O–H groups in total. The van der Waals surface area contributed by atoms with Crippen LogP contribution in [-0.4, -0.2) is 15.7 Å². The molecule has 0 aromatic rings. The fourth-order valence-electron chi connectivity index (χ4n) is 2.92. The summed E-state index contributed by atoms with van der Waals surface area (Å²) in [6.07, 6.45) is 4.78. The van der Waals surface area contributed by atoms with E-state index in [1.54, 1.807) is 0 Å². The van der Waals surface area contributed by atoms with Crippen LogP contribution in [0.15, 0.2) is 0 Å². The molecule has 0 atom stereocenters. The van der Waals surface area contributed by atoms with Crippen LogP contribution in [-0.2, 0) is 9.73 Å². The van der Waals surface area contributed by atoms with Crippen molar-refractivity contribution in [1.29, 1.82) is 4.78 Å². The molecule has 0 amide bonds. The van der Waals surface area contributed by atoms with Gasteiger partial charge in [0.25, 0.3) is 0 Å². The molecular formula is C11H21NOS. The van der Waals surface area contributed by atoms with Crippen molar-refractivity contribution in [1.82, 2.24) is 0 Å². The van der Waals surface area contributed by atoms with Crippen molar-refractivity contribution in [3.63, 3.8) is 0 Å². The monoisotopic (exact) mass is 215 g/mol. The number of hydrogen-bond donors (Lipinski definition) is 1. The van der Waals surface area contributed by atoms with E-state index in [1.165, 1.54) is 12.8 Å². The van der Waals surface area contributed by atoms with Crippen molar-refractivity contribution in [3.8, 4) is 0 Å². The predicted molar refractivity (Wildman–Crippen MR) is 59.8 cm³/mol. The van der Waals surface area contributed by atoms with Crippen molar-refractivity contribution in [2.75, 3.05) is 11.5 Å². The quantitative estimate of drug-likeness (QED) is 0.718. The zero-order valence-electron chi connectivity index (χ0n) is 9.21. The summed E-state index contributed by atoms with van der Waals surface area (Å²) >= 11 is 0. The van der Waals surface area contributed by atoms with Crippen LogP contribution >= 0.6 is 0 Å². The van der Waals surface area contributed by atoms with Gasteiger partial charge < -0.3 is 0 Å². The highest BCUT2D eigenvalue weighted by molar-refractivity contribution is 7.92. The van der Waals surface area contributed by atoms with Gasteiger partial charge in [-0.1, -0.05) is 13.8 Å². The molecule has 0 aromatic carbocycles. The van der Waals surface area contributed by atoms with Gasteiger partial charge in [-0.3, -0.25) is 4.78 Å². The van der Waals surface area contributed by atoms with Crippen LogP contribution < -0.4 is 0 Å². The number of nitrogens with one attached hydrogen (secondary N) is 1. The van der Waals surface area contributed by atoms with Crippen molar-refractivity contribution in [2.24, 2.45) is 17.3 Å². The summed E-state index contributed by atoms with van der Waals surface area (Å²) in [4.78, 5) is 0. The smallest absolute Gasteiger partial charge is 0.0441 e. The molecular weight excluding hydrogens is 194 g/mol. The fraction of sp³-hybridized carbons (Fsp3) is 1.00. The lowest BCUT2D eigenvalue weighted by Crippen LogP contribution is -2.44. The molecule has 1 spiro atoms. The molecule has 1 heterocycles. The normalized spacial score (nSPS) is 48.1. The van der Waals surface area contributed by atoms with Gasteiger partial charge in [-0.25, -0.2) is 4.21 Å². The van der Waals surface area contributed by atoms with Crippen molar-refractivity contribution < 1.29 is 4.21 Å². The molecule has 0 unspecified atom stereocenters. The van der Waals surface area contributed by atoms with E-state index in [0.717, 1.165) is 24.7 Å². The molecule has 1 saturated carbocycles. The SMILES string of the molecule is CC(C)C1CC2(CCS(=N)(=O)CC2)C1. The molecule has 14 heavy (non-hydrogen) atoms. The van der Waals surface area contributed by atoms with Crippen molar-refractivity contribution >= 4 is 9.73 Å². The minimum atomic E-state index is -2.17. The summed E-state index contributed by atoms with van der Waals surface area (Å²) in [6.45, 7) is 4.60. The molecule has 3 heteroatoms. The van der Waals surface area contributed by atoms with Gasteiger partial charge >= 0.3 is 0 Å². The van der Waals surface area contributed by atoms with Gasteiger partial charge in [0.2, 0.25) is 0 Å². The molecule has 82 valence electrons. The Balaban J connectivity index is 1.92. The largest absolute Gasteiger partial charge is 0.253 e. The second kappa shape index (κ2) is 3.22. The average molecular weight is 215 g/mol. The molecule has 0 bridgehead atoms. The van der Waals surface area contributed by atoms with E-state index in [1.807, 2.05) is 0 Å². The zero-order valence-corrected chi connectivity index (χ0v) is 10.0. The van der Waals surface area contributed by atoms with Gasteiger partial charge in [-0.15, -0.1) is 0 Å². The van der Waals surface area contributed by atoms with E-state index in [2.05, 4.69) is 13.8 Å². The van der Waals surface area contributed by atoms with Gasteiger partial charge in [-0.2, -0.15) is 0 Å². The summed E-state index contributed by atoms with van der Waals surface area (Å²) in [6, 6.07) is 0. The van der Waals surface area contributed by atoms with Gasteiger partial charge in [0.15, 0.2) is 0 Å². The Morgan fingerprint density at radius 2 is 1.79 bits per heavy atom. The van der Waals surface area contributed by atoms with Gasteiger partial charge in [0.1, 0.15) is 0 Å². The van der Waals surface area contributed by atoms with Crippen LogP contribution in [0.2, 0.25) is 0 Å². The van der Waals surface area contributed by atoms with E-state index >= 15 is 0 Å². The number of rotatable bonds is 1. The molecule has 1 saturated heterocycles. The van der Waals surface area contributed by atoms with Crippen LogP contribution in [0.1, 0.15) is 39.5 Å². The summed E-state index contributed by atoms with van der Waals surface area (Å²) in [5.41, 5.74) is 0.511. The first-order chi connectivity index (χ1) is 6.43. The van der Waals surface area contributed by atoms with Crippen LogP contribution in [0, 0.1) is 22.0 Å². The fourth-order valence-corrected chi connectivity index (χ4v) is 4.65. The van der Waals surface area contributed by atoms with Gasteiger partial charge in [0, 0.05) is 21.2 Å². The van der Waals surface area contributed by atoms with Crippen LogP contribution in [0.3, 0.4) is 0 Å². The first kappa shape index (κ1) is 10.5. The third-order valence-electron chi connectivity index (χ3n) is 4.26. The molecule has 2 fully saturated rings. The standard InChI is InChI=1S/C11H21NOS/c1-9(2)10-7-11(8-10)3-5-14(12,13)6-4-11/h9-10,12H,3-8H2,1-2H3. The maximum atomic E-state index is 11.5. The maximum Gasteiger partial charge on any atom is 0.0441 e. The highest BCUT2D eigenvalue weighted by Gasteiger charge is 2.46. The highest BCUT2D eigenvalue weighted by Crippen LogP contribution is 2.55. The lowest BCUT2D eigenvalue weighted by Gasteiger charge is -2.52. The zero-order chi connectivity index (χ0) is 10.4. The van der Waals surface area contributed by atoms with Crippen LogP contribution in [0.4, 0.5) is 0 Å². The Kier molecular flexibility index (Phi) is 2.41. The molecule has 2 aliphatic rings. The van der Waals surface area contributed by atoms with Crippen LogP contribution in [0.25, 0.3) is 0 Å². The Morgan fingerprint density at radius 3 is 2.21 bits per heavy atom. The van der Waals surface area contributed by atoms with E-state index < -0.39 is 9.73 Å². The second-order valence-electron chi connectivity index (χ2n) is 5.63. The van der Waals surface area contributed by atoms with Crippen molar-refractivity contribution in [3.05, 3.63) is 0 Å². The summed E-state index contributed by atoms with van der Waals surface area (Å²) in [7, 11) is -2.17. The first-order valence-corrected chi connectivity index (χ1v) is 7.56. The molecule has 1 aliphatic heterocycles. The van der Waals surface area contributed by atoms with E-state index in [9.17, 15) is 4.21 Å². The second-order valence-corrected chi connectivity index (χ2v) is 8.07.